The highest BCUT2D eigenvalue weighted by atomic mass is 35.5. The average molecular weight is 384 g/mol. The van der Waals surface area contributed by atoms with Gasteiger partial charge in [0.05, 0.1) is 6.42 Å². The molecule has 1 N–H and O–H groups in total. The first-order chi connectivity index (χ1) is 9.38. The van der Waals surface area contributed by atoms with E-state index in [0.717, 1.165) is 6.07 Å². The highest BCUT2D eigenvalue weighted by Crippen LogP contribution is 2.38. The second-order valence-corrected chi connectivity index (χ2v) is 5.16. The molecule has 1 heterocycles. The van der Waals surface area contributed by atoms with Crippen molar-refractivity contribution in [1.29, 1.82) is 0 Å². The molecule has 0 unspecified atom stereocenters. The van der Waals surface area contributed by atoms with E-state index in [0.29, 0.717) is 26.2 Å². The van der Waals surface area contributed by atoms with Crippen molar-refractivity contribution in [1.82, 2.24) is 10.2 Å². The van der Waals surface area contributed by atoms with Crippen LogP contribution >= 0.6 is 36.4 Å². The van der Waals surface area contributed by atoms with Crippen molar-refractivity contribution in [2.45, 2.75) is 18.6 Å². The lowest BCUT2D eigenvalue weighted by atomic mass is 10.00. The molecule has 1 aromatic carbocycles. The van der Waals surface area contributed by atoms with Crippen LogP contribution in [0.15, 0.2) is 18.2 Å². The van der Waals surface area contributed by atoms with Gasteiger partial charge in [-0.15, -0.1) is 24.8 Å². The molecule has 2 rings (SSSR count). The minimum absolute atomic E-state index is 0. The summed E-state index contributed by atoms with van der Waals surface area (Å²) in [6.45, 7) is 2.04. The Hall–Kier alpha value is -0.270. The molecule has 1 saturated heterocycles. The Bertz CT molecular complexity index is 445. The molecule has 0 saturated carbocycles. The van der Waals surface area contributed by atoms with Gasteiger partial charge in [-0.2, -0.15) is 13.2 Å². The van der Waals surface area contributed by atoms with E-state index < -0.39 is 24.5 Å². The molecule has 0 amide bonds. The Kier molecular flexibility index (Phi) is 9.02. The molecule has 1 atom stereocenters. The molecule has 0 spiro atoms. The normalized spacial score (nSPS) is 17.3. The molecule has 2 nitrogen and oxygen atoms in total. The van der Waals surface area contributed by atoms with Gasteiger partial charge in [-0.05, 0) is 12.1 Å². The molecule has 1 fully saturated rings. The van der Waals surface area contributed by atoms with Gasteiger partial charge in [0.2, 0.25) is 0 Å². The van der Waals surface area contributed by atoms with Crippen molar-refractivity contribution in [3.63, 3.8) is 0 Å². The maximum Gasteiger partial charge on any atom is 0.390 e. The second-order valence-electron chi connectivity index (χ2n) is 4.76. The molecule has 22 heavy (non-hydrogen) atoms. The van der Waals surface area contributed by atoms with Crippen LogP contribution in [-0.2, 0) is 0 Å². The monoisotopic (exact) mass is 382 g/mol. The number of benzene rings is 1. The standard InChI is InChI=1S/C13H15ClF4N2.2ClH/c14-9-2-1-3-10(15)12(9)11(8-13(16,17)18)20-6-4-19-5-7-20;;/h1-3,11,19H,4-8H2;2*1H/t11-;;/m0../s1. The Morgan fingerprint density at radius 3 is 2.27 bits per heavy atom. The van der Waals surface area contributed by atoms with Gasteiger partial charge in [-0.25, -0.2) is 4.39 Å². The molecule has 9 heteroatoms. The molecular weight excluding hydrogens is 367 g/mol. The average Bonchev–Trinajstić information content (AvgIpc) is 2.37. The first-order valence-corrected chi connectivity index (χ1v) is 6.72. The maximum atomic E-state index is 13.9. The van der Waals surface area contributed by atoms with Crippen LogP contribution in [0.1, 0.15) is 18.0 Å². The minimum atomic E-state index is -4.37. The number of nitrogens with zero attached hydrogens (tertiary/aromatic N) is 1. The van der Waals surface area contributed by atoms with Crippen molar-refractivity contribution in [3.8, 4) is 0 Å². The van der Waals surface area contributed by atoms with E-state index in [4.69, 9.17) is 11.6 Å². The zero-order valence-corrected chi connectivity index (χ0v) is 13.9. The van der Waals surface area contributed by atoms with Crippen molar-refractivity contribution < 1.29 is 17.6 Å². The summed E-state index contributed by atoms with van der Waals surface area (Å²) in [6.07, 6.45) is -5.48. The van der Waals surface area contributed by atoms with E-state index in [-0.39, 0.29) is 35.4 Å². The van der Waals surface area contributed by atoms with Gasteiger partial charge < -0.3 is 5.32 Å². The fourth-order valence-corrected chi connectivity index (χ4v) is 2.74. The van der Waals surface area contributed by atoms with Crippen LogP contribution in [0.3, 0.4) is 0 Å². The number of hydrogen-bond donors (Lipinski definition) is 1. The molecule has 1 aliphatic heterocycles. The number of halogens is 7. The molecule has 0 bridgehead atoms. The highest BCUT2D eigenvalue weighted by Gasteiger charge is 2.37. The van der Waals surface area contributed by atoms with Crippen LogP contribution in [0.5, 0.6) is 0 Å². The zero-order valence-electron chi connectivity index (χ0n) is 11.5. The molecular formula is C13H17Cl3F4N2. The Morgan fingerprint density at radius 2 is 1.77 bits per heavy atom. The molecule has 0 aliphatic carbocycles. The lowest BCUT2D eigenvalue weighted by molar-refractivity contribution is -0.149. The summed E-state index contributed by atoms with van der Waals surface area (Å²) in [7, 11) is 0. The fourth-order valence-electron chi connectivity index (χ4n) is 2.46. The van der Waals surface area contributed by atoms with Crippen LogP contribution in [0, 0.1) is 5.82 Å². The van der Waals surface area contributed by atoms with Gasteiger partial charge in [0, 0.05) is 42.8 Å². The summed E-state index contributed by atoms with van der Waals surface area (Å²) < 4.78 is 52.3. The van der Waals surface area contributed by atoms with E-state index in [9.17, 15) is 17.6 Å². The van der Waals surface area contributed by atoms with Gasteiger partial charge in [-0.3, -0.25) is 4.90 Å². The van der Waals surface area contributed by atoms with Crippen molar-refractivity contribution in [2.24, 2.45) is 0 Å². The predicted molar refractivity (Wildman–Crippen MR) is 83.8 cm³/mol. The minimum Gasteiger partial charge on any atom is -0.314 e. The van der Waals surface area contributed by atoms with Gasteiger partial charge in [-0.1, -0.05) is 17.7 Å². The number of alkyl halides is 3. The van der Waals surface area contributed by atoms with Crippen LogP contribution in [0.2, 0.25) is 5.02 Å². The lowest BCUT2D eigenvalue weighted by Gasteiger charge is -2.36. The SMILES string of the molecule is Cl.Cl.Fc1cccc(Cl)c1[C@H](CC(F)(F)F)N1CCNCC1. The van der Waals surface area contributed by atoms with Crippen molar-refractivity contribution in [2.75, 3.05) is 26.2 Å². The predicted octanol–water partition coefficient (Wildman–Crippen LogP) is 4.22. The molecule has 1 aliphatic rings. The van der Waals surface area contributed by atoms with Crippen LogP contribution in [0.4, 0.5) is 17.6 Å². The largest absolute Gasteiger partial charge is 0.390 e. The number of nitrogens with one attached hydrogen (secondary N) is 1. The smallest absolute Gasteiger partial charge is 0.314 e. The third-order valence-electron chi connectivity index (χ3n) is 3.35. The zero-order chi connectivity index (χ0) is 14.8. The third-order valence-corrected chi connectivity index (χ3v) is 3.68. The molecule has 0 aromatic heterocycles. The van der Waals surface area contributed by atoms with Gasteiger partial charge in [0.15, 0.2) is 0 Å². The lowest BCUT2D eigenvalue weighted by Crippen LogP contribution is -2.46. The van der Waals surface area contributed by atoms with Crippen LogP contribution in [-0.4, -0.2) is 37.3 Å². The topological polar surface area (TPSA) is 15.3 Å². The Balaban J connectivity index is 0.00000220. The van der Waals surface area contributed by atoms with Gasteiger partial charge in [0.25, 0.3) is 0 Å². The van der Waals surface area contributed by atoms with Gasteiger partial charge in [0.1, 0.15) is 5.82 Å². The first kappa shape index (κ1) is 21.7. The quantitative estimate of drug-likeness (QED) is 0.786. The first-order valence-electron chi connectivity index (χ1n) is 6.34. The molecule has 128 valence electrons. The Labute approximate surface area is 144 Å². The summed E-state index contributed by atoms with van der Waals surface area (Å²) in [5, 5.41) is 3.10. The van der Waals surface area contributed by atoms with Crippen LogP contribution in [0.25, 0.3) is 0 Å². The van der Waals surface area contributed by atoms with Crippen molar-refractivity contribution in [3.05, 3.63) is 34.6 Å². The molecule has 1 aromatic rings. The van der Waals surface area contributed by atoms with Crippen LogP contribution < -0.4 is 5.32 Å². The summed E-state index contributed by atoms with van der Waals surface area (Å²) in [6, 6.07) is 2.88. The number of hydrogen-bond acceptors (Lipinski definition) is 2. The molecule has 0 radical (unpaired) electrons. The van der Waals surface area contributed by atoms with Crippen molar-refractivity contribution >= 4 is 36.4 Å². The van der Waals surface area contributed by atoms with E-state index in [1.54, 1.807) is 4.90 Å². The van der Waals surface area contributed by atoms with E-state index in [1.807, 2.05) is 0 Å². The van der Waals surface area contributed by atoms with Gasteiger partial charge >= 0.3 is 6.18 Å². The summed E-state index contributed by atoms with van der Waals surface area (Å²) in [5.74, 6) is -0.690. The summed E-state index contributed by atoms with van der Waals surface area (Å²) in [4.78, 5) is 1.63. The third kappa shape index (κ3) is 5.74. The maximum absolute atomic E-state index is 13.9. The number of rotatable bonds is 3. The van der Waals surface area contributed by atoms with E-state index in [2.05, 4.69) is 5.32 Å². The highest BCUT2D eigenvalue weighted by molar-refractivity contribution is 6.31. The van der Waals surface area contributed by atoms with E-state index in [1.165, 1.54) is 12.1 Å². The summed E-state index contributed by atoms with van der Waals surface area (Å²) >= 11 is 5.92. The Morgan fingerprint density at radius 1 is 1.18 bits per heavy atom. The fraction of sp³-hybridized carbons (Fsp3) is 0.538. The number of piperazine rings is 1. The van der Waals surface area contributed by atoms with E-state index >= 15 is 0 Å². The summed E-state index contributed by atoms with van der Waals surface area (Å²) in [5.41, 5.74) is -0.0617. The second kappa shape index (κ2) is 9.13.